The molecule has 4 nitrogen and oxygen atoms in total. The fourth-order valence-electron chi connectivity index (χ4n) is 1.72. The minimum absolute atomic E-state index is 0.246. The molecule has 1 aliphatic heterocycles. The van der Waals surface area contributed by atoms with Gasteiger partial charge in [-0.15, -0.1) is 0 Å². The van der Waals surface area contributed by atoms with Crippen LogP contribution in [0.1, 0.15) is 22.3 Å². The van der Waals surface area contributed by atoms with E-state index in [1.54, 1.807) is 6.07 Å². The van der Waals surface area contributed by atoms with Gasteiger partial charge in [0.05, 0.1) is 19.3 Å². The summed E-state index contributed by atoms with van der Waals surface area (Å²) in [6.45, 7) is 0.662. The van der Waals surface area contributed by atoms with Crippen molar-refractivity contribution < 1.29 is 19.4 Å². The van der Waals surface area contributed by atoms with Crippen LogP contribution >= 0.6 is 0 Å². The molecule has 0 atom stereocenters. The van der Waals surface area contributed by atoms with Gasteiger partial charge in [0, 0.05) is 0 Å². The standard InChI is InChI=1S/C11H12O4/c1-14-9-6-8(11(12)13)5-7-3-2-4-15-10(7)9/h5-6H,2-4H2,1H3,(H,12,13). The van der Waals surface area contributed by atoms with Crippen molar-refractivity contribution in [2.24, 2.45) is 0 Å². The maximum absolute atomic E-state index is 10.9. The quantitative estimate of drug-likeness (QED) is 0.803. The first-order valence-corrected chi connectivity index (χ1v) is 4.79. The van der Waals surface area contributed by atoms with Gasteiger partial charge < -0.3 is 14.6 Å². The lowest BCUT2D eigenvalue weighted by Gasteiger charge is -2.20. The number of benzene rings is 1. The summed E-state index contributed by atoms with van der Waals surface area (Å²) in [5.41, 5.74) is 1.16. The van der Waals surface area contributed by atoms with E-state index in [1.807, 2.05) is 0 Å². The van der Waals surface area contributed by atoms with Gasteiger partial charge in [0.15, 0.2) is 11.5 Å². The van der Waals surface area contributed by atoms with Gasteiger partial charge in [-0.25, -0.2) is 4.79 Å². The Morgan fingerprint density at radius 2 is 2.33 bits per heavy atom. The molecular formula is C11H12O4. The third-order valence-electron chi connectivity index (χ3n) is 2.44. The van der Waals surface area contributed by atoms with E-state index in [1.165, 1.54) is 13.2 Å². The van der Waals surface area contributed by atoms with Crippen LogP contribution in [-0.2, 0) is 6.42 Å². The summed E-state index contributed by atoms with van der Waals surface area (Å²) in [6.07, 6.45) is 1.76. The number of carboxylic acid groups (broad SMARTS) is 1. The molecule has 0 amide bonds. The molecule has 80 valence electrons. The van der Waals surface area contributed by atoms with E-state index in [0.717, 1.165) is 18.4 Å². The summed E-state index contributed by atoms with van der Waals surface area (Å²) < 4.78 is 10.6. The molecule has 0 aromatic heterocycles. The van der Waals surface area contributed by atoms with Crippen LogP contribution in [0.15, 0.2) is 12.1 Å². The highest BCUT2D eigenvalue weighted by Crippen LogP contribution is 2.36. The van der Waals surface area contributed by atoms with E-state index < -0.39 is 5.97 Å². The van der Waals surface area contributed by atoms with Crippen LogP contribution < -0.4 is 9.47 Å². The normalized spacial score (nSPS) is 13.9. The van der Waals surface area contributed by atoms with Crippen LogP contribution in [0.25, 0.3) is 0 Å². The van der Waals surface area contributed by atoms with Gasteiger partial charge in [-0.05, 0) is 30.5 Å². The van der Waals surface area contributed by atoms with Gasteiger partial charge in [0.25, 0.3) is 0 Å². The third-order valence-corrected chi connectivity index (χ3v) is 2.44. The first-order chi connectivity index (χ1) is 7.22. The van der Waals surface area contributed by atoms with E-state index in [-0.39, 0.29) is 5.56 Å². The fraction of sp³-hybridized carbons (Fsp3) is 0.364. The summed E-state index contributed by atoms with van der Waals surface area (Å²) in [6, 6.07) is 3.14. The molecule has 1 N–H and O–H groups in total. The van der Waals surface area contributed by atoms with E-state index >= 15 is 0 Å². The summed E-state index contributed by atoms with van der Waals surface area (Å²) in [5, 5.41) is 8.91. The molecule has 1 aromatic rings. The molecule has 4 heteroatoms. The van der Waals surface area contributed by atoms with E-state index in [2.05, 4.69) is 0 Å². The predicted molar refractivity (Wildman–Crippen MR) is 53.8 cm³/mol. The van der Waals surface area contributed by atoms with Crippen LogP contribution in [0, 0.1) is 0 Å². The number of rotatable bonds is 2. The van der Waals surface area contributed by atoms with Gasteiger partial charge >= 0.3 is 5.97 Å². The van der Waals surface area contributed by atoms with E-state index in [0.29, 0.717) is 18.1 Å². The summed E-state index contributed by atoms with van der Waals surface area (Å²) in [5.74, 6) is 0.250. The Bertz CT molecular complexity index is 381. The first-order valence-electron chi connectivity index (χ1n) is 4.79. The lowest BCUT2D eigenvalue weighted by Crippen LogP contribution is -2.11. The molecular weight excluding hydrogens is 196 g/mol. The van der Waals surface area contributed by atoms with Crippen molar-refractivity contribution in [3.63, 3.8) is 0 Å². The number of aromatic carboxylic acids is 1. The molecule has 1 aliphatic rings. The molecule has 1 heterocycles. The van der Waals surface area contributed by atoms with Crippen LogP contribution in [0.3, 0.4) is 0 Å². The van der Waals surface area contributed by atoms with Crippen LogP contribution in [-0.4, -0.2) is 24.8 Å². The lowest BCUT2D eigenvalue weighted by molar-refractivity contribution is 0.0696. The maximum Gasteiger partial charge on any atom is 0.335 e. The van der Waals surface area contributed by atoms with Gasteiger partial charge in [-0.2, -0.15) is 0 Å². The zero-order chi connectivity index (χ0) is 10.8. The number of fused-ring (bicyclic) bond motifs is 1. The molecule has 0 aliphatic carbocycles. The third kappa shape index (κ3) is 1.75. The van der Waals surface area contributed by atoms with Crippen LogP contribution in [0.4, 0.5) is 0 Å². The Balaban J connectivity index is 2.52. The minimum atomic E-state index is -0.943. The zero-order valence-corrected chi connectivity index (χ0v) is 8.45. The highest BCUT2D eigenvalue weighted by atomic mass is 16.5. The summed E-state index contributed by atoms with van der Waals surface area (Å²) in [7, 11) is 1.51. The molecule has 0 spiro atoms. The molecule has 0 bridgehead atoms. The van der Waals surface area contributed by atoms with Gasteiger partial charge in [-0.1, -0.05) is 0 Å². The Morgan fingerprint density at radius 1 is 1.53 bits per heavy atom. The second-order valence-corrected chi connectivity index (χ2v) is 3.42. The lowest BCUT2D eigenvalue weighted by atomic mass is 10.0. The number of carboxylic acids is 1. The predicted octanol–water partition coefficient (Wildman–Crippen LogP) is 1.72. The minimum Gasteiger partial charge on any atom is -0.493 e. The molecule has 15 heavy (non-hydrogen) atoms. The van der Waals surface area contributed by atoms with Crippen molar-refractivity contribution >= 4 is 5.97 Å². The second kappa shape index (κ2) is 3.81. The van der Waals surface area contributed by atoms with Crippen molar-refractivity contribution in [1.82, 2.24) is 0 Å². The van der Waals surface area contributed by atoms with Crippen molar-refractivity contribution in [1.29, 1.82) is 0 Å². The number of carbonyl (C=O) groups is 1. The average molecular weight is 208 g/mol. The molecule has 0 fully saturated rings. The average Bonchev–Trinajstić information content (AvgIpc) is 2.27. The zero-order valence-electron chi connectivity index (χ0n) is 8.45. The maximum atomic E-state index is 10.9. The number of aryl methyl sites for hydroxylation is 1. The smallest absolute Gasteiger partial charge is 0.335 e. The molecule has 0 saturated carbocycles. The van der Waals surface area contributed by atoms with E-state index in [9.17, 15) is 4.79 Å². The molecule has 2 rings (SSSR count). The number of ether oxygens (including phenoxy) is 2. The van der Waals surface area contributed by atoms with Gasteiger partial charge in [-0.3, -0.25) is 0 Å². The largest absolute Gasteiger partial charge is 0.493 e. The Morgan fingerprint density at radius 3 is 3.00 bits per heavy atom. The molecule has 0 unspecified atom stereocenters. The van der Waals surface area contributed by atoms with Crippen LogP contribution in [0.5, 0.6) is 11.5 Å². The second-order valence-electron chi connectivity index (χ2n) is 3.42. The van der Waals surface area contributed by atoms with Crippen molar-refractivity contribution in [2.45, 2.75) is 12.8 Å². The first kappa shape index (κ1) is 9.83. The Hall–Kier alpha value is -1.71. The van der Waals surface area contributed by atoms with Gasteiger partial charge in [0.1, 0.15) is 0 Å². The topological polar surface area (TPSA) is 55.8 Å². The monoisotopic (exact) mass is 208 g/mol. The van der Waals surface area contributed by atoms with Crippen LogP contribution in [0.2, 0.25) is 0 Å². The van der Waals surface area contributed by atoms with Crippen molar-refractivity contribution in [3.05, 3.63) is 23.3 Å². The number of methoxy groups -OCH3 is 1. The number of hydrogen-bond donors (Lipinski definition) is 1. The fourth-order valence-corrected chi connectivity index (χ4v) is 1.72. The Labute approximate surface area is 87.4 Å². The number of hydrogen-bond acceptors (Lipinski definition) is 3. The molecule has 1 aromatic carbocycles. The van der Waals surface area contributed by atoms with Gasteiger partial charge in [0.2, 0.25) is 0 Å². The Kier molecular flexibility index (Phi) is 2.49. The molecule has 0 saturated heterocycles. The summed E-state index contributed by atoms with van der Waals surface area (Å²) >= 11 is 0. The highest BCUT2D eigenvalue weighted by Gasteiger charge is 2.18. The summed E-state index contributed by atoms with van der Waals surface area (Å²) in [4.78, 5) is 10.9. The van der Waals surface area contributed by atoms with E-state index in [4.69, 9.17) is 14.6 Å². The SMILES string of the molecule is COc1cc(C(=O)O)cc2c1OCCC2. The molecule has 0 radical (unpaired) electrons. The van der Waals surface area contributed by atoms with Crippen molar-refractivity contribution in [3.8, 4) is 11.5 Å². The van der Waals surface area contributed by atoms with Crippen molar-refractivity contribution in [2.75, 3.05) is 13.7 Å². The highest BCUT2D eigenvalue weighted by molar-refractivity contribution is 5.89.